The highest BCUT2D eigenvalue weighted by Gasteiger charge is 2.12. The van der Waals surface area contributed by atoms with Crippen molar-refractivity contribution in [3.8, 4) is 17.0 Å². The third-order valence-electron chi connectivity index (χ3n) is 2.53. The third kappa shape index (κ3) is 2.98. The van der Waals surface area contributed by atoms with Crippen molar-refractivity contribution in [2.24, 2.45) is 0 Å². The van der Waals surface area contributed by atoms with Gasteiger partial charge in [-0.05, 0) is 19.9 Å². The second kappa shape index (κ2) is 5.64. The minimum Gasteiger partial charge on any atom is -0.630 e. The predicted octanol–water partition coefficient (Wildman–Crippen LogP) is 1.21. The Kier molecular flexibility index (Phi) is 3.94. The average molecular weight is 260 g/mol. The molecule has 0 aliphatic heterocycles. The number of hydrogen-bond donors (Lipinski definition) is 2. The van der Waals surface area contributed by atoms with E-state index in [-0.39, 0.29) is 6.10 Å². The van der Waals surface area contributed by atoms with E-state index < -0.39 is 0 Å². The monoisotopic (exact) mass is 260 g/mol. The number of quaternary nitrogens is 1. The number of aromatic nitrogens is 2. The molecule has 0 aliphatic rings. The molecule has 0 atom stereocenters. The second-order valence-electron chi connectivity index (χ2n) is 4.36. The quantitative estimate of drug-likeness (QED) is 0.635. The second-order valence-corrected chi connectivity index (χ2v) is 4.36. The summed E-state index contributed by atoms with van der Waals surface area (Å²) < 4.78 is 5.66. The largest absolute Gasteiger partial charge is 0.630 e. The number of ether oxygens (including phenoxy) is 1. The Bertz CT molecular complexity index is 572. The van der Waals surface area contributed by atoms with Gasteiger partial charge in [0.1, 0.15) is 12.0 Å². The number of nitrogens with two attached hydrogens (primary N) is 2. The van der Waals surface area contributed by atoms with E-state index in [1.54, 1.807) is 24.4 Å². The summed E-state index contributed by atoms with van der Waals surface area (Å²) in [5.41, 5.74) is 8.72. The molecule has 0 fully saturated rings. The molecule has 4 N–H and O–H groups in total. The van der Waals surface area contributed by atoms with Crippen LogP contribution in [0.4, 0.5) is 11.4 Å². The third-order valence-corrected chi connectivity index (χ3v) is 2.53. The van der Waals surface area contributed by atoms with Crippen LogP contribution in [-0.4, -0.2) is 16.1 Å². The van der Waals surface area contributed by atoms with Crippen molar-refractivity contribution in [3.63, 3.8) is 0 Å². The number of nitrogens with zero attached hydrogens (tertiary/aromatic N) is 2. The summed E-state index contributed by atoms with van der Waals surface area (Å²) in [4.78, 5) is 8.17. The van der Waals surface area contributed by atoms with Gasteiger partial charge in [0.15, 0.2) is 11.4 Å². The van der Waals surface area contributed by atoms with Crippen LogP contribution in [0.25, 0.3) is 11.3 Å². The van der Waals surface area contributed by atoms with Crippen LogP contribution in [0.15, 0.2) is 30.7 Å². The lowest BCUT2D eigenvalue weighted by atomic mass is 10.1. The van der Waals surface area contributed by atoms with E-state index in [4.69, 9.17) is 10.5 Å². The lowest BCUT2D eigenvalue weighted by Gasteiger charge is -2.13. The summed E-state index contributed by atoms with van der Waals surface area (Å²) >= 11 is 0. The number of benzene rings is 1. The topological polar surface area (TPSA) is 101 Å². The molecule has 100 valence electrons. The Hall–Kier alpha value is -2.18. The summed E-state index contributed by atoms with van der Waals surface area (Å²) in [6.07, 6.45) is 3.07. The lowest BCUT2D eigenvalue weighted by Crippen LogP contribution is -2.70. The summed E-state index contributed by atoms with van der Waals surface area (Å²) in [6.45, 7) is 3.85. The fourth-order valence-electron chi connectivity index (χ4n) is 1.70. The van der Waals surface area contributed by atoms with E-state index in [1.165, 1.54) is 6.33 Å². The maximum Gasteiger partial charge on any atom is 0.164 e. The van der Waals surface area contributed by atoms with E-state index >= 15 is 0 Å². The summed E-state index contributed by atoms with van der Waals surface area (Å²) in [5.74, 6) is 0.583. The zero-order valence-corrected chi connectivity index (χ0v) is 10.8. The first-order valence-corrected chi connectivity index (χ1v) is 5.93. The van der Waals surface area contributed by atoms with Gasteiger partial charge in [-0.25, -0.2) is 9.97 Å². The summed E-state index contributed by atoms with van der Waals surface area (Å²) in [6, 6.07) is 5.18. The van der Waals surface area contributed by atoms with Crippen LogP contribution in [0.3, 0.4) is 0 Å². The van der Waals surface area contributed by atoms with Crippen LogP contribution in [0.1, 0.15) is 13.8 Å². The highest BCUT2D eigenvalue weighted by molar-refractivity contribution is 5.72. The van der Waals surface area contributed by atoms with E-state index in [1.807, 2.05) is 13.8 Å². The van der Waals surface area contributed by atoms with Crippen LogP contribution in [0, 0.1) is 5.21 Å². The molecule has 19 heavy (non-hydrogen) atoms. The molecule has 2 aromatic rings. The van der Waals surface area contributed by atoms with Crippen molar-refractivity contribution < 1.29 is 10.2 Å². The standard InChI is InChI=1S/C13H16N4O2/c1-8(2)19-12-6-15-7-16-13(12)9-3-4-10(14)11(5-9)17-18/h3-8H,14,17H2,1-2H3. The molecule has 0 bridgehead atoms. The Morgan fingerprint density at radius 2 is 2.16 bits per heavy atom. The van der Waals surface area contributed by atoms with Gasteiger partial charge < -0.3 is 21.2 Å². The van der Waals surface area contributed by atoms with Crippen molar-refractivity contribution in [1.82, 2.24) is 9.97 Å². The average Bonchev–Trinajstić information content (AvgIpc) is 2.39. The SMILES string of the molecule is CC(C)Oc1cncnc1-c1ccc(N)c([NH2+][O-])c1. The predicted molar refractivity (Wildman–Crippen MR) is 72.6 cm³/mol. The molecule has 1 aromatic heterocycles. The first-order chi connectivity index (χ1) is 9.11. The highest BCUT2D eigenvalue weighted by Crippen LogP contribution is 2.30. The first kappa shape index (κ1) is 13.3. The molecule has 0 aliphatic carbocycles. The maximum atomic E-state index is 10.9. The number of anilines is 1. The van der Waals surface area contributed by atoms with Crippen LogP contribution in [-0.2, 0) is 0 Å². The molecule has 1 heterocycles. The van der Waals surface area contributed by atoms with Gasteiger partial charge in [0.2, 0.25) is 0 Å². The Morgan fingerprint density at radius 3 is 2.84 bits per heavy atom. The van der Waals surface area contributed by atoms with Crippen molar-refractivity contribution in [3.05, 3.63) is 35.9 Å². The fourth-order valence-corrected chi connectivity index (χ4v) is 1.70. The fraction of sp³-hybridized carbons (Fsp3) is 0.231. The molecule has 0 unspecified atom stereocenters. The molecule has 0 saturated heterocycles. The normalized spacial score (nSPS) is 10.7. The Labute approximate surface area is 111 Å². The highest BCUT2D eigenvalue weighted by atomic mass is 16.5. The van der Waals surface area contributed by atoms with Gasteiger partial charge in [0, 0.05) is 11.6 Å². The number of hydrogen-bond acceptors (Lipinski definition) is 5. The van der Waals surface area contributed by atoms with Gasteiger partial charge in [-0.1, -0.05) is 6.07 Å². The molecular formula is C13H16N4O2. The molecule has 0 saturated carbocycles. The van der Waals surface area contributed by atoms with E-state index in [2.05, 4.69) is 9.97 Å². The van der Waals surface area contributed by atoms with Gasteiger partial charge in [0.25, 0.3) is 0 Å². The van der Waals surface area contributed by atoms with E-state index in [0.29, 0.717) is 22.8 Å². The zero-order valence-electron chi connectivity index (χ0n) is 10.8. The molecular weight excluding hydrogens is 244 g/mol. The van der Waals surface area contributed by atoms with E-state index in [9.17, 15) is 5.21 Å². The van der Waals surface area contributed by atoms with Crippen molar-refractivity contribution in [2.75, 3.05) is 5.73 Å². The van der Waals surface area contributed by atoms with Gasteiger partial charge in [0.05, 0.1) is 18.0 Å². The van der Waals surface area contributed by atoms with Crippen molar-refractivity contribution >= 4 is 11.4 Å². The van der Waals surface area contributed by atoms with Gasteiger partial charge >= 0.3 is 0 Å². The molecule has 2 rings (SSSR count). The van der Waals surface area contributed by atoms with Gasteiger partial charge in [-0.3, -0.25) is 0 Å². The minimum atomic E-state index is 0.0177. The van der Waals surface area contributed by atoms with Crippen LogP contribution >= 0.6 is 0 Å². The molecule has 0 amide bonds. The molecule has 6 nitrogen and oxygen atoms in total. The number of rotatable bonds is 4. The minimum absolute atomic E-state index is 0.0177. The van der Waals surface area contributed by atoms with Crippen molar-refractivity contribution in [1.29, 1.82) is 0 Å². The van der Waals surface area contributed by atoms with Gasteiger partial charge in [-0.15, -0.1) is 0 Å². The zero-order chi connectivity index (χ0) is 13.8. The van der Waals surface area contributed by atoms with Gasteiger partial charge in [-0.2, -0.15) is 0 Å². The maximum absolute atomic E-state index is 10.9. The lowest BCUT2D eigenvalue weighted by molar-refractivity contribution is -0.496. The Balaban J connectivity index is 2.46. The Morgan fingerprint density at radius 1 is 1.37 bits per heavy atom. The molecule has 0 spiro atoms. The van der Waals surface area contributed by atoms with Crippen LogP contribution in [0.5, 0.6) is 5.75 Å². The summed E-state index contributed by atoms with van der Waals surface area (Å²) in [5, 5.41) is 10.9. The summed E-state index contributed by atoms with van der Waals surface area (Å²) in [7, 11) is 0. The van der Waals surface area contributed by atoms with E-state index in [0.717, 1.165) is 11.0 Å². The molecule has 1 aromatic carbocycles. The van der Waals surface area contributed by atoms with Crippen LogP contribution in [0.2, 0.25) is 0 Å². The molecule has 0 radical (unpaired) electrons. The molecule has 6 heteroatoms. The first-order valence-electron chi connectivity index (χ1n) is 5.93. The number of nitrogen functional groups attached to an aromatic ring is 1. The smallest absolute Gasteiger partial charge is 0.164 e. The van der Waals surface area contributed by atoms with Crippen LogP contribution < -0.4 is 16.0 Å². The van der Waals surface area contributed by atoms with Crippen molar-refractivity contribution in [2.45, 2.75) is 20.0 Å².